The molecule has 0 aliphatic heterocycles. The van der Waals surface area contributed by atoms with Crippen LogP contribution in [0, 0.1) is 0 Å². The predicted molar refractivity (Wildman–Crippen MR) is 82.8 cm³/mol. The van der Waals surface area contributed by atoms with Crippen molar-refractivity contribution >= 4 is 9.84 Å². The molecule has 0 radical (unpaired) electrons. The molecule has 0 aliphatic carbocycles. The highest BCUT2D eigenvalue weighted by Gasteiger charge is 2.13. The van der Waals surface area contributed by atoms with Crippen molar-refractivity contribution in [2.24, 2.45) is 0 Å². The lowest BCUT2D eigenvalue weighted by atomic mass is 10.1. The summed E-state index contributed by atoms with van der Waals surface area (Å²) in [7, 11) is -3.13. The van der Waals surface area contributed by atoms with Crippen molar-refractivity contribution in [3.8, 4) is 0 Å². The van der Waals surface area contributed by atoms with Gasteiger partial charge in [0.05, 0.1) is 10.9 Å². The van der Waals surface area contributed by atoms with Crippen molar-refractivity contribution in [2.75, 3.05) is 6.26 Å². The smallest absolute Gasteiger partial charge is 0.175 e. The van der Waals surface area contributed by atoms with Gasteiger partial charge < -0.3 is 5.32 Å². The molecule has 1 aromatic carbocycles. The lowest BCUT2D eigenvalue weighted by Crippen LogP contribution is -2.33. The monoisotopic (exact) mass is 307 g/mol. The van der Waals surface area contributed by atoms with Crippen LogP contribution in [-0.4, -0.2) is 30.5 Å². The van der Waals surface area contributed by atoms with Gasteiger partial charge in [-0.15, -0.1) is 0 Å². The van der Waals surface area contributed by atoms with Gasteiger partial charge in [-0.1, -0.05) is 12.1 Å². The third-order valence-electron chi connectivity index (χ3n) is 3.65. The maximum Gasteiger partial charge on any atom is 0.175 e. The van der Waals surface area contributed by atoms with E-state index < -0.39 is 9.84 Å². The topological polar surface area (TPSA) is 64.0 Å². The molecule has 0 fully saturated rings. The van der Waals surface area contributed by atoms with Crippen molar-refractivity contribution in [3.63, 3.8) is 0 Å². The summed E-state index contributed by atoms with van der Waals surface area (Å²) in [6, 6.07) is 9.38. The van der Waals surface area contributed by atoms with Crippen molar-refractivity contribution in [1.82, 2.24) is 15.1 Å². The van der Waals surface area contributed by atoms with Crippen LogP contribution in [0.5, 0.6) is 0 Å². The van der Waals surface area contributed by atoms with Crippen LogP contribution in [0.4, 0.5) is 0 Å². The Morgan fingerprint density at radius 1 is 1.24 bits per heavy atom. The zero-order valence-corrected chi connectivity index (χ0v) is 13.3. The van der Waals surface area contributed by atoms with E-state index in [4.69, 9.17) is 0 Å². The van der Waals surface area contributed by atoms with Crippen LogP contribution in [0.15, 0.2) is 47.6 Å². The lowest BCUT2D eigenvalue weighted by Gasteiger charge is -2.21. The summed E-state index contributed by atoms with van der Waals surface area (Å²) in [4.78, 5) is 0.351. The highest BCUT2D eigenvalue weighted by Crippen LogP contribution is 2.12. The maximum absolute atomic E-state index is 11.4. The number of hydrogen-bond donors (Lipinski definition) is 1. The summed E-state index contributed by atoms with van der Waals surface area (Å²) < 4.78 is 24.7. The van der Waals surface area contributed by atoms with Crippen LogP contribution >= 0.6 is 0 Å². The standard InChI is InChI=1S/C15H21N3O2S/c1-12(13(2)18-10-4-9-17-18)16-11-14-5-7-15(8-6-14)21(3,19)20/h4-10,12-13,16H,11H2,1-3H3/t12-,13+/m1/s1. The largest absolute Gasteiger partial charge is 0.308 e. The van der Waals surface area contributed by atoms with Crippen LogP contribution in [0.1, 0.15) is 25.5 Å². The molecule has 1 heterocycles. The van der Waals surface area contributed by atoms with E-state index in [-0.39, 0.29) is 12.1 Å². The second-order valence-electron chi connectivity index (χ2n) is 5.31. The van der Waals surface area contributed by atoms with Gasteiger partial charge in [0.15, 0.2) is 9.84 Å². The number of rotatable bonds is 6. The van der Waals surface area contributed by atoms with E-state index in [9.17, 15) is 8.42 Å². The van der Waals surface area contributed by atoms with Crippen LogP contribution in [0.3, 0.4) is 0 Å². The van der Waals surface area contributed by atoms with Gasteiger partial charge in [-0.3, -0.25) is 4.68 Å². The first kappa shape index (κ1) is 15.7. The Morgan fingerprint density at radius 3 is 2.43 bits per heavy atom. The van der Waals surface area contributed by atoms with Gasteiger partial charge in [0.25, 0.3) is 0 Å². The molecule has 1 aromatic heterocycles. The zero-order chi connectivity index (χ0) is 15.5. The Labute approximate surface area is 125 Å². The van der Waals surface area contributed by atoms with Gasteiger partial charge >= 0.3 is 0 Å². The first-order valence-corrected chi connectivity index (χ1v) is 8.78. The average Bonchev–Trinajstić information content (AvgIpc) is 2.97. The van der Waals surface area contributed by atoms with Crippen molar-refractivity contribution in [3.05, 3.63) is 48.3 Å². The number of nitrogens with zero attached hydrogens (tertiary/aromatic N) is 2. The van der Waals surface area contributed by atoms with E-state index in [0.717, 1.165) is 5.56 Å². The highest BCUT2D eigenvalue weighted by atomic mass is 32.2. The van der Waals surface area contributed by atoms with E-state index >= 15 is 0 Å². The van der Waals surface area contributed by atoms with E-state index in [1.807, 2.05) is 29.1 Å². The number of benzene rings is 1. The minimum Gasteiger partial charge on any atom is -0.308 e. The molecule has 114 valence electrons. The molecule has 0 amide bonds. The van der Waals surface area contributed by atoms with Gasteiger partial charge in [0, 0.05) is 31.2 Å². The molecule has 0 saturated carbocycles. The third kappa shape index (κ3) is 4.15. The molecule has 2 rings (SSSR count). The summed E-state index contributed by atoms with van der Waals surface area (Å²) >= 11 is 0. The second kappa shape index (κ2) is 6.41. The maximum atomic E-state index is 11.4. The number of hydrogen-bond acceptors (Lipinski definition) is 4. The molecule has 0 unspecified atom stereocenters. The van der Waals surface area contributed by atoms with Gasteiger partial charge in [-0.05, 0) is 37.6 Å². The molecule has 0 spiro atoms. The van der Waals surface area contributed by atoms with Gasteiger partial charge in [-0.2, -0.15) is 5.10 Å². The number of aromatic nitrogens is 2. The minimum atomic E-state index is -3.13. The fourth-order valence-corrected chi connectivity index (χ4v) is 2.69. The first-order valence-electron chi connectivity index (χ1n) is 6.89. The van der Waals surface area contributed by atoms with E-state index in [1.165, 1.54) is 6.26 Å². The Bertz CT molecular complexity index is 663. The summed E-state index contributed by atoms with van der Waals surface area (Å²) in [6.45, 7) is 4.91. The number of nitrogens with one attached hydrogen (secondary N) is 1. The summed E-state index contributed by atoms with van der Waals surface area (Å²) in [5.74, 6) is 0. The quantitative estimate of drug-likeness (QED) is 0.887. The van der Waals surface area contributed by atoms with Gasteiger partial charge in [0.1, 0.15) is 0 Å². The SMILES string of the molecule is C[C@@H](NCc1ccc(S(C)(=O)=O)cc1)[C@H](C)n1cccn1. The molecular formula is C15H21N3O2S. The molecule has 2 atom stereocenters. The number of sulfone groups is 1. The van der Waals surface area contributed by atoms with Crippen molar-refractivity contribution in [2.45, 2.75) is 37.4 Å². The molecule has 5 nitrogen and oxygen atoms in total. The Balaban J connectivity index is 1.94. The molecule has 0 bridgehead atoms. The highest BCUT2D eigenvalue weighted by molar-refractivity contribution is 7.90. The normalized spacial score (nSPS) is 14.8. The van der Waals surface area contributed by atoms with Crippen molar-refractivity contribution in [1.29, 1.82) is 0 Å². The van der Waals surface area contributed by atoms with E-state index in [1.54, 1.807) is 18.3 Å². The van der Waals surface area contributed by atoms with E-state index in [0.29, 0.717) is 11.4 Å². The summed E-state index contributed by atoms with van der Waals surface area (Å²) in [5.41, 5.74) is 1.06. The first-order chi connectivity index (χ1) is 9.88. The molecule has 2 aromatic rings. The average molecular weight is 307 g/mol. The Kier molecular flexibility index (Phi) is 4.80. The minimum absolute atomic E-state index is 0.246. The van der Waals surface area contributed by atoms with E-state index in [2.05, 4.69) is 24.3 Å². The Morgan fingerprint density at radius 2 is 1.90 bits per heavy atom. The molecule has 0 saturated heterocycles. The van der Waals surface area contributed by atoms with Crippen LogP contribution in [0.25, 0.3) is 0 Å². The van der Waals surface area contributed by atoms with Gasteiger partial charge in [-0.25, -0.2) is 8.42 Å². The van der Waals surface area contributed by atoms with Crippen LogP contribution in [-0.2, 0) is 16.4 Å². The molecular weight excluding hydrogens is 286 g/mol. The predicted octanol–water partition coefficient (Wildman–Crippen LogP) is 2.03. The van der Waals surface area contributed by atoms with Crippen molar-refractivity contribution < 1.29 is 8.42 Å². The summed E-state index contributed by atoms with van der Waals surface area (Å²) in [6.07, 6.45) is 4.94. The lowest BCUT2D eigenvalue weighted by molar-refractivity contribution is 0.365. The fraction of sp³-hybridized carbons (Fsp3) is 0.400. The molecule has 0 aliphatic rings. The third-order valence-corrected chi connectivity index (χ3v) is 4.77. The van der Waals surface area contributed by atoms with Crippen LogP contribution in [0.2, 0.25) is 0 Å². The Hall–Kier alpha value is -1.66. The summed E-state index contributed by atoms with van der Waals surface area (Å²) in [5, 5.41) is 7.68. The molecule has 6 heteroatoms. The fourth-order valence-electron chi connectivity index (χ4n) is 2.05. The van der Waals surface area contributed by atoms with Gasteiger partial charge in [0.2, 0.25) is 0 Å². The zero-order valence-electron chi connectivity index (χ0n) is 12.5. The molecule has 1 N–H and O–H groups in total. The van der Waals surface area contributed by atoms with Crippen LogP contribution < -0.4 is 5.32 Å². The second-order valence-corrected chi connectivity index (χ2v) is 7.33. The molecule has 21 heavy (non-hydrogen) atoms.